The molecule has 0 bridgehead atoms. The molecule has 0 aromatic carbocycles. The smallest absolute Gasteiger partial charge is 0.0805 e. The first-order chi connectivity index (χ1) is 31.0. The summed E-state index contributed by atoms with van der Waals surface area (Å²) in [6.45, 7) is 23.1. The Balaban J connectivity index is 0. The van der Waals surface area contributed by atoms with Crippen molar-refractivity contribution in [3.05, 3.63) is 12.7 Å². The number of hydrogen-bond donors (Lipinski definition) is 2. The van der Waals surface area contributed by atoms with Crippen LogP contribution in [0.3, 0.4) is 0 Å². The third-order valence-electron chi connectivity index (χ3n) is 13.3. The topological polar surface area (TPSA) is 50.7 Å². The van der Waals surface area contributed by atoms with Crippen LogP contribution in [0.25, 0.3) is 0 Å². The average molecular weight is 911 g/mol. The van der Waals surface area contributed by atoms with Gasteiger partial charge in [0.1, 0.15) is 0 Å². The minimum Gasteiger partial charge on any atom is -0.394 e. The number of rotatable bonds is 22. The number of unbranched alkanes of at least 4 members (excludes halogenated alkanes) is 12. The van der Waals surface area contributed by atoms with Crippen LogP contribution in [0.4, 0.5) is 0 Å². The van der Waals surface area contributed by atoms with Crippen molar-refractivity contribution in [2.45, 2.75) is 305 Å². The lowest BCUT2D eigenvalue weighted by atomic mass is 9.90. The Bertz CT molecular complexity index is 807. The van der Waals surface area contributed by atoms with Gasteiger partial charge in [0.2, 0.25) is 0 Å². The summed E-state index contributed by atoms with van der Waals surface area (Å²) in [6, 6.07) is 0. The van der Waals surface area contributed by atoms with Crippen LogP contribution in [0.5, 0.6) is 0 Å². The van der Waals surface area contributed by atoms with E-state index in [-0.39, 0.29) is 12.7 Å². The zero-order chi connectivity index (χ0) is 46.6. The van der Waals surface area contributed by atoms with Crippen molar-refractivity contribution < 1.29 is 14.6 Å². The number of ether oxygens (including phenoxy) is 2. The molecule has 3 unspecified atom stereocenters. The van der Waals surface area contributed by atoms with Gasteiger partial charge in [-0.1, -0.05) is 241 Å². The Morgan fingerprint density at radius 1 is 0.651 bits per heavy atom. The third-order valence-corrected chi connectivity index (χ3v) is 14.5. The average Bonchev–Trinajstić information content (AvgIpc) is 4.00. The first kappa shape index (κ1) is 65.0. The fourth-order valence-corrected chi connectivity index (χ4v) is 9.93. The first-order valence-electron chi connectivity index (χ1n) is 28.7. The van der Waals surface area contributed by atoms with Crippen molar-refractivity contribution in [1.29, 1.82) is 0 Å². The minimum absolute atomic E-state index is 0.0794. The van der Waals surface area contributed by atoms with E-state index in [1.54, 1.807) is 0 Å². The van der Waals surface area contributed by atoms with Gasteiger partial charge < -0.3 is 19.9 Å². The number of aliphatic hydroxyl groups is 1. The molecule has 0 aromatic rings. The molecule has 2 aliphatic heterocycles. The molecule has 3 aliphatic rings. The summed E-state index contributed by atoms with van der Waals surface area (Å²) >= 11 is 2.20. The summed E-state index contributed by atoms with van der Waals surface area (Å²) in [4.78, 5) is 0. The van der Waals surface area contributed by atoms with E-state index in [0.29, 0.717) is 11.5 Å². The number of thioether (sulfide) groups is 1. The zero-order valence-electron chi connectivity index (χ0n) is 44.5. The van der Waals surface area contributed by atoms with E-state index in [4.69, 9.17) is 9.47 Å². The fraction of sp³-hybridized carbons (Fsp3) is 0.966. The van der Waals surface area contributed by atoms with Crippen LogP contribution in [0.2, 0.25) is 0 Å². The third kappa shape index (κ3) is 48.2. The Morgan fingerprint density at radius 2 is 1.13 bits per heavy atom. The second kappa shape index (κ2) is 54.5. The van der Waals surface area contributed by atoms with E-state index in [1.807, 2.05) is 19.9 Å². The monoisotopic (exact) mass is 910 g/mol. The van der Waals surface area contributed by atoms with Crippen LogP contribution in [0, 0.1) is 11.3 Å². The Labute approximate surface area is 403 Å². The highest BCUT2D eigenvalue weighted by molar-refractivity contribution is 7.99. The maximum Gasteiger partial charge on any atom is 0.0805 e. The summed E-state index contributed by atoms with van der Waals surface area (Å²) in [5.74, 6) is 3.82. The summed E-state index contributed by atoms with van der Waals surface area (Å²) in [6.07, 6.45) is 54.7. The predicted molar refractivity (Wildman–Crippen MR) is 288 cm³/mol. The van der Waals surface area contributed by atoms with Gasteiger partial charge in [-0.05, 0) is 87.2 Å². The molecule has 1 saturated carbocycles. The number of hydrogen-bond acceptors (Lipinski definition) is 5. The van der Waals surface area contributed by atoms with E-state index in [1.165, 1.54) is 243 Å². The van der Waals surface area contributed by atoms with Gasteiger partial charge in [-0.25, -0.2) is 0 Å². The van der Waals surface area contributed by atoms with E-state index >= 15 is 0 Å². The lowest BCUT2D eigenvalue weighted by Gasteiger charge is -2.20. The lowest BCUT2D eigenvalue weighted by molar-refractivity contribution is 0.00497. The maximum atomic E-state index is 9.37. The van der Waals surface area contributed by atoms with Crippen molar-refractivity contribution in [2.24, 2.45) is 11.3 Å². The van der Waals surface area contributed by atoms with E-state index in [0.717, 1.165) is 45.1 Å². The van der Waals surface area contributed by atoms with Gasteiger partial charge >= 0.3 is 0 Å². The Morgan fingerprint density at radius 3 is 1.62 bits per heavy atom. The summed E-state index contributed by atoms with van der Waals surface area (Å²) in [5, 5.41) is 12.7. The number of nitrogens with one attached hydrogen (secondary N) is 1. The highest BCUT2D eigenvalue weighted by atomic mass is 32.2. The number of aliphatic hydroxyl groups excluding tert-OH is 1. The van der Waals surface area contributed by atoms with Gasteiger partial charge in [0.05, 0.1) is 18.8 Å². The molecular formula is C58H119NO3S. The van der Waals surface area contributed by atoms with Crippen molar-refractivity contribution >= 4 is 11.8 Å². The molecule has 2 saturated heterocycles. The Kier molecular flexibility index (Phi) is 56.3. The molecule has 0 amide bonds. The molecule has 2 N–H and O–H groups in total. The molecule has 0 radical (unpaired) electrons. The van der Waals surface area contributed by atoms with Crippen molar-refractivity contribution in [3.63, 3.8) is 0 Å². The SMILES string of the molecule is C1CCCCCC(CCC2CCCC2)OCCCCCCCCSCCCC1.C=CC1(C)CCNC1.CC.CCC.CCCCCCCCCCC(CO)OCCCCCCCC. The second-order valence-electron chi connectivity index (χ2n) is 19.8. The first-order valence-corrected chi connectivity index (χ1v) is 29.9. The fourth-order valence-electron chi connectivity index (χ4n) is 8.91. The lowest BCUT2D eigenvalue weighted by Crippen LogP contribution is -2.18. The molecule has 0 aromatic heterocycles. The largest absolute Gasteiger partial charge is 0.394 e. The van der Waals surface area contributed by atoms with Gasteiger partial charge in [-0.3, -0.25) is 0 Å². The normalized spacial score (nSPS) is 21.7. The zero-order valence-corrected chi connectivity index (χ0v) is 45.3. The van der Waals surface area contributed by atoms with Gasteiger partial charge in [0.25, 0.3) is 0 Å². The minimum atomic E-state index is 0.0794. The quantitative estimate of drug-likeness (QED) is 0.0837. The van der Waals surface area contributed by atoms with Crippen LogP contribution in [-0.2, 0) is 9.47 Å². The van der Waals surface area contributed by atoms with Crippen molar-refractivity contribution in [2.75, 3.05) is 44.4 Å². The predicted octanol–water partition coefficient (Wildman–Crippen LogP) is 18.8. The van der Waals surface area contributed by atoms with Gasteiger partial charge in [0, 0.05) is 19.8 Å². The van der Waals surface area contributed by atoms with Crippen LogP contribution < -0.4 is 5.32 Å². The highest BCUT2D eigenvalue weighted by Gasteiger charge is 2.24. The van der Waals surface area contributed by atoms with Crippen LogP contribution >= 0.6 is 11.8 Å². The molecule has 380 valence electrons. The van der Waals surface area contributed by atoms with Gasteiger partial charge in [0.15, 0.2) is 0 Å². The molecule has 0 spiro atoms. The van der Waals surface area contributed by atoms with Crippen molar-refractivity contribution in [1.82, 2.24) is 5.32 Å². The van der Waals surface area contributed by atoms with E-state index < -0.39 is 0 Å². The molecule has 3 atom stereocenters. The van der Waals surface area contributed by atoms with Gasteiger partial charge in [-0.15, -0.1) is 6.58 Å². The van der Waals surface area contributed by atoms with Crippen LogP contribution in [0.15, 0.2) is 12.7 Å². The maximum absolute atomic E-state index is 9.37. The molecule has 4 nitrogen and oxygen atoms in total. The standard InChI is InChI=1S/C26H50OS.C20H42O2.C7H13N.C3H8.C2H6/c1-2-5-9-15-23-28-24-16-10-6-4-8-14-22-27-26(19-11-7-3-1)21-20-25-17-12-13-18-25;1-3-5-7-9-11-12-13-15-17-20(19-21)22-18-16-14-10-8-6-4-2;1-3-7(2)4-5-8-6-7;1-3-2;1-2/h25-26H,1-24H2;20-21H,3-19H2,1-2H3;3,8H,1,4-6H2,2H3;3H2,1-2H3;1-2H3. The molecule has 5 heteroatoms. The molecule has 2 heterocycles. The van der Waals surface area contributed by atoms with Gasteiger partial charge in [-0.2, -0.15) is 11.8 Å². The second-order valence-corrected chi connectivity index (χ2v) is 21.0. The molecule has 1 aliphatic carbocycles. The van der Waals surface area contributed by atoms with E-state index in [9.17, 15) is 5.11 Å². The summed E-state index contributed by atoms with van der Waals surface area (Å²) in [7, 11) is 0. The van der Waals surface area contributed by atoms with Crippen LogP contribution in [0.1, 0.15) is 292 Å². The molecular weight excluding hydrogens is 791 g/mol. The van der Waals surface area contributed by atoms with E-state index in [2.05, 4.69) is 58.3 Å². The van der Waals surface area contributed by atoms with Crippen molar-refractivity contribution in [3.8, 4) is 0 Å². The highest BCUT2D eigenvalue weighted by Crippen LogP contribution is 2.30. The molecule has 63 heavy (non-hydrogen) atoms. The molecule has 3 rings (SSSR count). The van der Waals surface area contributed by atoms with Crippen LogP contribution in [-0.4, -0.2) is 61.7 Å². The molecule has 3 fully saturated rings. The summed E-state index contributed by atoms with van der Waals surface area (Å²) < 4.78 is 12.2. The summed E-state index contributed by atoms with van der Waals surface area (Å²) in [5.41, 5.74) is 0.389. The Hall–Kier alpha value is -0.0700.